The van der Waals surface area contributed by atoms with Crippen molar-refractivity contribution in [2.24, 2.45) is 0 Å². The summed E-state index contributed by atoms with van der Waals surface area (Å²) in [6.07, 6.45) is 2.52. The monoisotopic (exact) mass is 232 g/mol. The number of hydrogen-bond acceptors (Lipinski definition) is 3. The minimum Gasteiger partial charge on any atom is -0.248 e. The maximum Gasteiger partial charge on any atom is 0.0675 e. The van der Waals surface area contributed by atoms with Crippen LogP contribution in [0, 0.1) is 11.3 Å². The first-order chi connectivity index (χ1) is 7.77. The van der Waals surface area contributed by atoms with Crippen LogP contribution in [-0.2, 0) is 12.0 Å². The van der Waals surface area contributed by atoms with E-state index in [1.165, 1.54) is 16.0 Å². The molecule has 2 rings (SSSR count). The van der Waals surface area contributed by atoms with Crippen LogP contribution in [-0.4, -0.2) is 0 Å². The zero-order valence-electron chi connectivity index (χ0n) is 9.71. The van der Waals surface area contributed by atoms with Crippen molar-refractivity contribution >= 4 is 11.9 Å². The van der Waals surface area contributed by atoms with Gasteiger partial charge in [-0.2, -0.15) is 5.26 Å². The van der Waals surface area contributed by atoms with Crippen LogP contribution in [0.4, 0.5) is 0 Å². The Hall–Kier alpha value is -0.980. The van der Waals surface area contributed by atoms with Gasteiger partial charge < -0.3 is 0 Å². The van der Waals surface area contributed by atoms with Gasteiger partial charge in [-0.05, 0) is 42.0 Å². The topological polar surface area (TPSA) is 35.8 Å². The van der Waals surface area contributed by atoms with Gasteiger partial charge in [0.25, 0.3) is 0 Å². The Bertz CT molecular complexity index is 436. The number of nitrogens with zero attached hydrogens (tertiary/aromatic N) is 1. The molecule has 3 heteroatoms. The summed E-state index contributed by atoms with van der Waals surface area (Å²) < 4.78 is 3.46. The van der Waals surface area contributed by atoms with E-state index in [1.54, 1.807) is 11.9 Å². The summed E-state index contributed by atoms with van der Waals surface area (Å²) in [5, 5.41) is 9.01. The maximum atomic E-state index is 9.01. The first-order valence-electron chi connectivity index (χ1n) is 5.70. The molecule has 1 aromatic rings. The molecule has 0 fully saturated rings. The first-order valence-corrected chi connectivity index (χ1v) is 6.52. The van der Waals surface area contributed by atoms with E-state index in [9.17, 15) is 0 Å². The quantitative estimate of drug-likeness (QED) is 0.812. The number of nitriles is 1. The molecule has 0 saturated carbocycles. The van der Waals surface area contributed by atoms with E-state index in [0.717, 1.165) is 12.8 Å². The summed E-state index contributed by atoms with van der Waals surface area (Å²) in [5.41, 5.74) is 2.58. The van der Waals surface area contributed by atoms with Gasteiger partial charge in [-0.25, -0.2) is 4.72 Å². The Morgan fingerprint density at radius 3 is 2.88 bits per heavy atom. The van der Waals surface area contributed by atoms with Gasteiger partial charge in [0.1, 0.15) is 0 Å². The van der Waals surface area contributed by atoms with E-state index < -0.39 is 0 Å². The van der Waals surface area contributed by atoms with Gasteiger partial charge >= 0.3 is 0 Å². The summed E-state index contributed by atoms with van der Waals surface area (Å²) >= 11 is 1.67. The molecule has 1 aromatic carbocycles. The predicted octanol–water partition coefficient (Wildman–Crippen LogP) is 3.38. The zero-order chi connectivity index (χ0) is 11.6. The Labute approximate surface area is 101 Å². The molecular weight excluding hydrogens is 216 g/mol. The van der Waals surface area contributed by atoms with Crippen LogP contribution in [0.15, 0.2) is 23.1 Å². The molecule has 0 aliphatic carbocycles. The predicted molar refractivity (Wildman–Crippen MR) is 67.0 cm³/mol. The third kappa shape index (κ3) is 1.63. The lowest BCUT2D eigenvalue weighted by Gasteiger charge is -2.27. The van der Waals surface area contributed by atoms with Crippen molar-refractivity contribution in [3.05, 3.63) is 29.3 Å². The zero-order valence-corrected chi connectivity index (χ0v) is 10.5. The normalized spacial score (nSPS) is 22.8. The van der Waals surface area contributed by atoms with Crippen LogP contribution >= 0.6 is 11.9 Å². The van der Waals surface area contributed by atoms with E-state index in [1.807, 2.05) is 0 Å². The van der Waals surface area contributed by atoms with Crippen LogP contribution in [0.5, 0.6) is 0 Å². The first kappa shape index (κ1) is 11.5. The fourth-order valence-electron chi connectivity index (χ4n) is 2.34. The molecule has 1 heterocycles. The van der Waals surface area contributed by atoms with Crippen molar-refractivity contribution in [2.45, 2.75) is 43.5 Å². The number of fused-ring (bicyclic) bond motifs is 1. The standard InChI is InChI=1S/C13H16N2S/c1-3-10-6-5-7-11-12(10)13(4-2,8-9-14)15-16-11/h5-7,15H,3-4,8H2,1-2H3. The number of benzene rings is 1. The van der Waals surface area contributed by atoms with Crippen molar-refractivity contribution in [1.29, 1.82) is 5.26 Å². The molecule has 1 N–H and O–H groups in total. The van der Waals surface area contributed by atoms with E-state index in [4.69, 9.17) is 5.26 Å². The van der Waals surface area contributed by atoms with E-state index in [0.29, 0.717) is 6.42 Å². The van der Waals surface area contributed by atoms with Crippen LogP contribution in [0.3, 0.4) is 0 Å². The molecule has 0 amide bonds. The summed E-state index contributed by atoms with van der Waals surface area (Å²) in [7, 11) is 0. The second kappa shape index (κ2) is 4.48. The molecular formula is C13H16N2S. The number of nitrogens with one attached hydrogen (secondary N) is 1. The molecule has 0 radical (unpaired) electrons. The van der Waals surface area contributed by atoms with Gasteiger partial charge in [0.05, 0.1) is 18.0 Å². The van der Waals surface area contributed by atoms with E-state index >= 15 is 0 Å². The van der Waals surface area contributed by atoms with E-state index in [-0.39, 0.29) is 5.54 Å². The lowest BCUT2D eigenvalue weighted by Crippen LogP contribution is -2.34. The second-order valence-corrected chi connectivity index (χ2v) is 4.97. The molecule has 0 bridgehead atoms. The molecule has 84 valence electrons. The fraction of sp³-hybridized carbons (Fsp3) is 0.462. The average Bonchev–Trinajstić information content (AvgIpc) is 2.70. The fourth-order valence-corrected chi connectivity index (χ4v) is 3.54. The molecule has 1 atom stereocenters. The van der Waals surface area contributed by atoms with Crippen LogP contribution < -0.4 is 4.72 Å². The number of hydrogen-bond donors (Lipinski definition) is 1. The highest BCUT2D eigenvalue weighted by molar-refractivity contribution is 7.97. The average molecular weight is 232 g/mol. The highest BCUT2D eigenvalue weighted by Crippen LogP contribution is 2.45. The van der Waals surface area contributed by atoms with Gasteiger partial charge in [0, 0.05) is 4.90 Å². The molecule has 0 spiro atoms. The Kier molecular flexibility index (Phi) is 3.22. The maximum absolute atomic E-state index is 9.01. The highest BCUT2D eigenvalue weighted by atomic mass is 32.2. The van der Waals surface area contributed by atoms with E-state index in [2.05, 4.69) is 42.8 Å². The van der Waals surface area contributed by atoms with Gasteiger partial charge in [0.2, 0.25) is 0 Å². The van der Waals surface area contributed by atoms with Gasteiger partial charge in [-0.15, -0.1) is 0 Å². The largest absolute Gasteiger partial charge is 0.248 e. The lowest BCUT2D eigenvalue weighted by atomic mass is 9.82. The Balaban J connectivity index is 2.55. The SMILES string of the molecule is CCc1cccc2c1C(CC)(CC#N)NS2. The molecule has 1 aliphatic heterocycles. The van der Waals surface area contributed by atoms with Crippen LogP contribution in [0.2, 0.25) is 0 Å². The van der Waals surface area contributed by atoms with Crippen molar-refractivity contribution in [3.8, 4) is 6.07 Å². The van der Waals surface area contributed by atoms with Crippen LogP contribution in [0.1, 0.15) is 37.8 Å². The molecule has 0 aromatic heterocycles. The van der Waals surface area contributed by atoms with Gasteiger partial charge in [-0.3, -0.25) is 0 Å². The summed E-state index contributed by atoms with van der Waals surface area (Å²) in [5.74, 6) is 0. The number of rotatable bonds is 3. The van der Waals surface area contributed by atoms with Crippen molar-refractivity contribution in [1.82, 2.24) is 4.72 Å². The molecule has 16 heavy (non-hydrogen) atoms. The Morgan fingerprint density at radius 2 is 2.25 bits per heavy atom. The smallest absolute Gasteiger partial charge is 0.0675 e. The van der Waals surface area contributed by atoms with Crippen molar-refractivity contribution < 1.29 is 0 Å². The van der Waals surface area contributed by atoms with Crippen molar-refractivity contribution in [2.75, 3.05) is 0 Å². The van der Waals surface area contributed by atoms with Crippen LogP contribution in [0.25, 0.3) is 0 Å². The Morgan fingerprint density at radius 1 is 1.44 bits per heavy atom. The third-order valence-corrected chi connectivity index (χ3v) is 4.37. The summed E-state index contributed by atoms with van der Waals surface area (Å²) in [6, 6.07) is 8.73. The van der Waals surface area contributed by atoms with Gasteiger partial charge in [0.15, 0.2) is 0 Å². The number of aryl methyl sites for hydroxylation is 1. The minimum absolute atomic E-state index is 0.138. The molecule has 1 unspecified atom stereocenters. The molecule has 1 aliphatic rings. The summed E-state index contributed by atoms with van der Waals surface area (Å²) in [4.78, 5) is 1.29. The molecule has 0 saturated heterocycles. The van der Waals surface area contributed by atoms with Gasteiger partial charge in [-0.1, -0.05) is 26.0 Å². The summed E-state index contributed by atoms with van der Waals surface area (Å²) in [6.45, 7) is 4.32. The minimum atomic E-state index is -0.138. The van der Waals surface area contributed by atoms with Crippen molar-refractivity contribution in [3.63, 3.8) is 0 Å². The molecule has 2 nitrogen and oxygen atoms in total. The second-order valence-electron chi connectivity index (χ2n) is 4.12. The highest BCUT2D eigenvalue weighted by Gasteiger charge is 2.39. The lowest BCUT2D eigenvalue weighted by molar-refractivity contribution is 0.406. The third-order valence-electron chi connectivity index (χ3n) is 3.31.